The largest absolute Gasteiger partial charge is 2.00 e. The van der Waals surface area contributed by atoms with Gasteiger partial charge in [0, 0.05) is 26.2 Å². The summed E-state index contributed by atoms with van der Waals surface area (Å²) in [6.07, 6.45) is -2.18. The number of amides is 2. The summed E-state index contributed by atoms with van der Waals surface area (Å²) in [4.78, 5) is 22.4. The van der Waals surface area contributed by atoms with Gasteiger partial charge in [0.1, 0.15) is 12.2 Å². The van der Waals surface area contributed by atoms with E-state index in [2.05, 4.69) is 0 Å². The van der Waals surface area contributed by atoms with E-state index in [-0.39, 0.29) is 17.1 Å². The zero-order valence-electron chi connectivity index (χ0n) is 10.7. The molecule has 0 bridgehead atoms. The molecule has 0 rings (SSSR count). The van der Waals surface area contributed by atoms with Crippen LogP contribution in [0.5, 0.6) is 0 Å². The van der Waals surface area contributed by atoms with Crippen LogP contribution < -0.4 is 10.2 Å². The first kappa shape index (κ1) is 21.4. The molecule has 0 spiro atoms. The molecule has 0 N–H and O–H groups in total. The second kappa shape index (κ2) is 13.1. The van der Waals surface area contributed by atoms with Crippen LogP contribution in [0.2, 0.25) is 0 Å². The van der Waals surface area contributed by atoms with Crippen molar-refractivity contribution in [2.24, 2.45) is 0 Å². The Morgan fingerprint density at radius 1 is 0.765 bits per heavy atom. The van der Waals surface area contributed by atoms with Gasteiger partial charge in [0.2, 0.25) is 0 Å². The van der Waals surface area contributed by atoms with E-state index < -0.39 is 12.2 Å². The van der Waals surface area contributed by atoms with Crippen molar-refractivity contribution in [1.82, 2.24) is 9.80 Å². The van der Waals surface area contributed by atoms with E-state index in [1.54, 1.807) is 27.7 Å². The van der Waals surface area contributed by atoms with Crippen LogP contribution in [0.1, 0.15) is 27.7 Å². The molecule has 105 valence electrons. The van der Waals surface area contributed by atoms with Crippen LogP contribution in [0.15, 0.2) is 0 Å². The predicted octanol–water partition coefficient (Wildman–Crippen LogP) is -0.659. The third-order valence-corrected chi connectivity index (χ3v) is 2.04. The monoisotopic (exact) mass is 295 g/mol. The minimum absolute atomic E-state index is 0. The summed E-state index contributed by atoms with van der Waals surface area (Å²) in [6.45, 7) is 9.16. The summed E-state index contributed by atoms with van der Waals surface area (Å²) in [7, 11) is 0. The number of carbonyl (C=O) groups is 2. The fourth-order valence-corrected chi connectivity index (χ4v) is 0.964. The van der Waals surface area contributed by atoms with Gasteiger partial charge in [-0.1, -0.05) is 0 Å². The Labute approximate surface area is 113 Å². The van der Waals surface area contributed by atoms with E-state index in [0.717, 1.165) is 0 Å². The number of rotatable bonds is 4. The normalized spacial score (nSPS) is 8.24. The molecule has 2 amide bonds. The number of hydrogen-bond donors (Lipinski definition) is 0. The molecule has 6 nitrogen and oxygen atoms in total. The topological polar surface area (TPSA) is 86.7 Å². The molecule has 0 aromatic heterocycles. The van der Waals surface area contributed by atoms with E-state index in [1.807, 2.05) is 0 Å². The number of carbonyl (C=O) groups excluding carboxylic acids is 2. The molecule has 7 heteroatoms. The van der Waals surface area contributed by atoms with E-state index in [4.69, 9.17) is 0 Å². The maximum absolute atomic E-state index is 9.98. The van der Waals surface area contributed by atoms with Gasteiger partial charge in [-0.25, -0.2) is 0 Å². The number of nitrogens with zero attached hydrogens (tertiary/aromatic N) is 2. The van der Waals surface area contributed by atoms with Crippen LogP contribution in [0.25, 0.3) is 0 Å². The predicted molar refractivity (Wildman–Crippen MR) is 56.6 cm³/mol. The van der Waals surface area contributed by atoms with Crippen molar-refractivity contribution in [2.45, 2.75) is 27.7 Å². The van der Waals surface area contributed by atoms with Crippen molar-refractivity contribution in [3.05, 3.63) is 0 Å². The standard InChI is InChI=1S/2C5H11NO2.Cu/c2*1-3-6(4-2)5(7)8;/h2*3-4H2,1-2H3,(H,7,8);/q;;+2/p-2. The molecule has 0 fully saturated rings. The SMILES string of the molecule is CCN(CC)C(=O)[O-].CCN(CC)C(=O)[O-].[Cu+2]. The Balaban J connectivity index is -0.000000218. The molecule has 0 atom stereocenters. The van der Waals surface area contributed by atoms with Gasteiger partial charge in [-0.3, -0.25) is 0 Å². The zero-order chi connectivity index (χ0) is 13.1. The molecule has 0 aromatic rings. The van der Waals surface area contributed by atoms with Crippen molar-refractivity contribution < 1.29 is 36.9 Å². The van der Waals surface area contributed by atoms with Crippen molar-refractivity contribution in [3.63, 3.8) is 0 Å². The molecule has 0 aliphatic carbocycles. The van der Waals surface area contributed by atoms with Crippen molar-refractivity contribution in [2.75, 3.05) is 26.2 Å². The molecular weight excluding hydrogens is 276 g/mol. The number of hydrogen-bond acceptors (Lipinski definition) is 4. The van der Waals surface area contributed by atoms with Gasteiger partial charge < -0.3 is 29.6 Å². The quantitative estimate of drug-likeness (QED) is 0.644. The summed E-state index contributed by atoms with van der Waals surface area (Å²) in [6, 6.07) is 0. The fraction of sp³-hybridized carbons (Fsp3) is 0.800. The molecular formula is C10H20CuN2O4. The van der Waals surface area contributed by atoms with Crippen LogP contribution in [-0.2, 0) is 17.1 Å². The first-order chi connectivity index (χ1) is 7.44. The van der Waals surface area contributed by atoms with Gasteiger partial charge in [0.25, 0.3) is 0 Å². The molecule has 1 radical (unpaired) electrons. The van der Waals surface area contributed by atoms with E-state index in [1.165, 1.54) is 9.80 Å². The molecule has 0 aliphatic rings. The summed E-state index contributed by atoms with van der Waals surface area (Å²) in [5, 5.41) is 20.0. The van der Waals surface area contributed by atoms with Gasteiger partial charge in [-0.2, -0.15) is 0 Å². The van der Waals surface area contributed by atoms with Crippen LogP contribution >= 0.6 is 0 Å². The summed E-state index contributed by atoms with van der Waals surface area (Å²) in [5.74, 6) is 0. The van der Waals surface area contributed by atoms with Gasteiger partial charge >= 0.3 is 17.1 Å². The third-order valence-electron chi connectivity index (χ3n) is 2.04. The third kappa shape index (κ3) is 11.3. The molecule has 17 heavy (non-hydrogen) atoms. The molecule has 0 aliphatic heterocycles. The van der Waals surface area contributed by atoms with Gasteiger partial charge in [0.05, 0.1) is 0 Å². The van der Waals surface area contributed by atoms with Gasteiger partial charge in [-0.15, -0.1) is 0 Å². The molecule has 0 saturated carbocycles. The van der Waals surface area contributed by atoms with Crippen LogP contribution in [0.4, 0.5) is 9.59 Å². The second-order valence-electron chi connectivity index (χ2n) is 2.88. The second-order valence-corrected chi connectivity index (χ2v) is 2.88. The average Bonchev–Trinajstić information content (AvgIpc) is 2.21. The maximum atomic E-state index is 9.98. The first-order valence-corrected chi connectivity index (χ1v) is 5.36. The maximum Gasteiger partial charge on any atom is 2.00 e. The van der Waals surface area contributed by atoms with E-state index in [9.17, 15) is 19.8 Å². The van der Waals surface area contributed by atoms with Gasteiger partial charge in [0.15, 0.2) is 0 Å². The van der Waals surface area contributed by atoms with Crippen LogP contribution in [0, 0.1) is 0 Å². The minimum Gasteiger partial charge on any atom is -0.530 e. The molecule has 0 aromatic carbocycles. The summed E-state index contributed by atoms with van der Waals surface area (Å²) < 4.78 is 0. The number of carboxylic acid groups (broad SMARTS) is 2. The van der Waals surface area contributed by atoms with Crippen LogP contribution in [-0.4, -0.2) is 48.2 Å². The summed E-state index contributed by atoms with van der Waals surface area (Å²) in [5.41, 5.74) is 0. The van der Waals surface area contributed by atoms with Crippen molar-refractivity contribution in [3.8, 4) is 0 Å². The Hall–Kier alpha value is -0.941. The average molecular weight is 296 g/mol. The van der Waals surface area contributed by atoms with Gasteiger partial charge in [-0.05, 0) is 27.7 Å². The zero-order valence-corrected chi connectivity index (χ0v) is 11.6. The first-order valence-electron chi connectivity index (χ1n) is 5.36. The van der Waals surface area contributed by atoms with Crippen LogP contribution in [0.3, 0.4) is 0 Å². The van der Waals surface area contributed by atoms with E-state index in [0.29, 0.717) is 26.2 Å². The molecule has 0 heterocycles. The summed E-state index contributed by atoms with van der Waals surface area (Å²) >= 11 is 0. The molecule has 0 saturated heterocycles. The Morgan fingerprint density at radius 2 is 0.941 bits per heavy atom. The fourth-order valence-electron chi connectivity index (χ4n) is 0.964. The van der Waals surface area contributed by atoms with Crippen molar-refractivity contribution in [1.29, 1.82) is 0 Å². The Kier molecular flexibility index (Phi) is 16.5. The smallest absolute Gasteiger partial charge is 0.530 e. The van der Waals surface area contributed by atoms with Crippen molar-refractivity contribution >= 4 is 12.2 Å². The van der Waals surface area contributed by atoms with E-state index >= 15 is 0 Å². The molecule has 0 unspecified atom stereocenters. The minimum atomic E-state index is -1.09. The Morgan fingerprint density at radius 3 is 0.941 bits per heavy atom. The Bertz CT molecular complexity index is 184.